The van der Waals surface area contributed by atoms with Crippen LogP contribution in [0.15, 0.2) is 41.4 Å². The molecule has 28 heavy (non-hydrogen) atoms. The summed E-state index contributed by atoms with van der Waals surface area (Å²) >= 11 is 0. The second-order valence-electron chi connectivity index (χ2n) is 8.38. The van der Waals surface area contributed by atoms with Gasteiger partial charge in [-0.2, -0.15) is 0 Å². The second kappa shape index (κ2) is 9.24. The predicted octanol–water partition coefficient (Wildman–Crippen LogP) is 6.44. The molecule has 0 aliphatic carbocycles. The van der Waals surface area contributed by atoms with Crippen molar-refractivity contribution in [1.29, 1.82) is 0 Å². The molecular weight excluding hydrogens is 348 g/mol. The molecule has 0 N–H and O–H groups in total. The van der Waals surface area contributed by atoms with Crippen LogP contribution < -0.4 is 4.74 Å². The maximum atomic E-state index is 6.22. The molecule has 0 bridgehead atoms. The Morgan fingerprint density at radius 1 is 1.11 bits per heavy atom. The summed E-state index contributed by atoms with van der Waals surface area (Å²) < 4.78 is 12.0. The molecule has 4 heteroatoms. The molecule has 2 rings (SSSR count). The number of nitrogens with zero attached hydrogens (tertiary/aromatic N) is 2. The van der Waals surface area contributed by atoms with Crippen LogP contribution in [0.5, 0.6) is 11.5 Å². The van der Waals surface area contributed by atoms with Crippen LogP contribution in [-0.2, 0) is 4.74 Å². The Bertz CT molecular complexity index is 822. The predicted molar refractivity (Wildman–Crippen MR) is 118 cm³/mol. The smallest absolute Gasteiger partial charge is 0.130 e. The van der Waals surface area contributed by atoms with E-state index in [0.29, 0.717) is 0 Å². The molecule has 0 saturated heterocycles. The van der Waals surface area contributed by atoms with Crippen LogP contribution in [0.1, 0.15) is 50.5 Å². The van der Waals surface area contributed by atoms with Gasteiger partial charge in [-0.3, -0.25) is 0 Å². The average Bonchev–Trinajstić information content (AvgIpc) is 2.62. The molecule has 0 aliphatic rings. The third-order valence-electron chi connectivity index (χ3n) is 4.80. The van der Waals surface area contributed by atoms with Gasteiger partial charge in [0.1, 0.15) is 11.5 Å². The van der Waals surface area contributed by atoms with Gasteiger partial charge in [0.25, 0.3) is 0 Å². The molecule has 4 nitrogen and oxygen atoms in total. The number of aryl methyl sites for hydroxylation is 2. The average molecular weight is 383 g/mol. The zero-order chi connectivity index (χ0) is 20.9. The lowest BCUT2D eigenvalue weighted by Gasteiger charge is -2.30. The summed E-state index contributed by atoms with van der Waals surface area (Å²) in [5.41, 5.74) is 4.23. The van der Waals surface area contributed by atoms with Crippen molar-refractivity contribution < 1.29 is 9.47 Å². The highest BCUT2D eigenvalue weighted by molar-refractivity contribution is 5.64. The number of methoxy groups -OCH3 is 1. The first-order valence-corrected chi connectivity index (χ1v) is 9.82. The minimum atomic E-state index is 0.00514. The Balaban J connectivity index is 2.28. The van der Waals surface area contributed by atoms with Crippen molar-refractivity contribution in [2.45, 2.75) is 47.6 Å². The van der Waals surface area contributed by atoms with Crippen molar-refractivity contribution in [2.75, 3.05) is 20.7 Å². The van der Waals surface area contributed by atoms with Gasteiger partial charge in [-0.05, 0) is 67.1 Å². The highest BCUT2D eigenvalue weighted by Crippen LogP contribution is 2.38. The van der Waals surface area contributed by atoms with Crippen molar-refractivity contribution in [2.24, 2.45) is 10.4 Å². The molecule has 2 aromatic carbocycles. The van der Waals surface area contributed by atoms with Gasteiger partial charge in [0, 0.05) is 20.7 Å². The molecular formula is C24H34N2O2. The second-order valence-corrected chi connectivity index (χ2v) is 8.38. The van der Waals surface area contributed by atoms with E-state index in [2.05, 4.69) is 63.9 Å². The first-order chi connectivity index (χ1) is 13.2. The minimum Gasteiger partial charge on any atom is -0.457 e. The Labute approximate surface area is 170 Å². The van der Waals surface area contributed by atoms with E-state index < -0.39 is 0 Å². The zero-order valence-corrected chi connectivity index (χ0v) is 18.5. The van der Waals surface area contributed by atoms with Crippen molar-refractivity contribution >= 4 is 12.0 Å². The standard InChI is InChI=1S/C24H34N2O2/c1-9-26(7)16-25-21-13-18(3)22(14-17(21)2)28-20-12-10-11-19(15-20)23(27-8)24(4,5)6/h10-16,23H,9H2,1-8H3/b25-16+. The molecule has 0 fully saturated rings. The molecule has 0 spiro atoms. The van der Waals surface area contributed by atoms with Gasteiger partial charge in [0.2, 0.25) is 0 Å². The SMILES string of the molecule is CCN(C)/C=N/c1cc(C)c(Oc2cccc(C(OC)C(C)(C)C)c2)cc1C. The third-order valence-corrected chi connectivity index (χ3v) is 4.80. The Morgan fingerprint density at radius 3 is 2.43 bits per heavy atom. The summed E-state index contributed by atoms with van der Waals surface area (Å²) in [4.78, 5) is 6.64. The maximum Gasteiger partial charge on any atom is 0.130 e. The molecule has 0 amide bonds. The fourth-order valence-corrected chi connectivity index (χ4v) is 3.12. The molecule has 0 heterocycles. The minimum absolute atomic E-state index is 0.00514. The van der Waals surface area contributed by atoms with E-state index in [1.165, 1.54) is 0 Å². The lowest BCUT2D eigenvalue weighted by Crippen LogP contribution is -2.20. The van der Waals surface area contributed by atoms with E-state index >= 15 is 0 Å². The van der Waals surface area contributed by atoms with Gasteiger partial charge < -0.3 is 14.4 Å². The molecule has 0 aromatic heterocycles. The van der Waals surface area contributed by atoms with Crippen LogP contribution in [0, 0.1) is 19.3 Å². The van der Waals surface area contributed by atoms with Crippen LogP contribution in [0.3, 0.4) is 0 Å². The number of rotatable bonds is 7. The number of aliphatic imine (C=N–C) groups is 1. The van der Waals surface area contributed by atoms with Crippen LogP contribution in [0.4, 0.5) is 5.69 Å². The van der Waals surface area contributed by atoms with Gasteiger partial charge in [-0.15, -0.1) is 0 Å². The highest BCUT2D eigenvalue weighted by Gasteiger charge is 2.26. The molecule has 0 aliphatic heterocycles. The molecule has 1 unspecified atom stereocenters. The van der Waals surface area contributed by atoms with E-state index in [1.807, 2.05) is 37.3 Å². The van der Waals surface area contributed by atoms with Crippen LogP contribution in [0.2, 0.25) is 0 Å². The summed E-state index contributed by atoms with van der Waals surface area (Å²) in [7, 11) is 3.77. The first kappa shape index (κ1) is 22.0. The normalized spacial score (nSPS) is 13.0. The summed E-state index contributed by atoms with van der Waals surface area (Å²) in [6, 6.07) is 12.3. The van der Waals surface area contributed by atoms with E-state index in [0.717, 1.165) is 40.4 Å². The summed E-state index contributed by atoms with van der Waals surface area (Å²) in [5.74, 6) is 1.66. The van der Waals surface area contributed by atoms with Crippen molar-refractivity contribution in [3.8, 4) is 11.5 Å². The van der Waals surface area contributed by atoms with Crippen LogP contribution in [0.25, 0.3) is 0 Å². The summed E-state index contributed by atoms with van der Waals surface area (Å²) in [6.07, 6.45) is 1.87. The Kier molecular flexibility index (Phi) is 7.25. The van der Waals surface area contributed by atoms with Gasteiger partial charge >= 0.3 is 0 Å². The quantitative estimate of drug-likeness (QED) is 0.408. The van der Waals surface area contributed by atoms with Crippen LogP contribution in [-0.4, -0.2) is 31.9 Å². The molecule has 2 aromatic rings. The lowest BCUT2D eigenvalue weighted by molar-refractivity contribution is 0.0151. The fraction of sp³-hybridized carbons (Fsp3) is 0.458. The Hall–Kier alpha value is -2.33. The lowest BCUT2D eigenvalue weighted by atomic mass is 9.84. The maximum absolute atomic E-state index is 6.22. The third kappa shape index (κ3) is 5.59. The topological polar surface area (TPSA) is 34.1 Å². The number of hydrogen-bond acceptors (Lipinski definition) is 3. The summed E-state index contributed by atoms with van der Waals surface area (Å²) in [5, 5.41) is 0. The van der Waals surface area contributed by atoms with Crippen LogP contribution >= 0.6 is 0 Å². The molecule has 1 atom stereocenters. The monoisotopic (exact) mass is 382 g/mol. The number of benzene rings is 2. The zero-order valence-electron chi connectivity index (χ0n) is 18.5. The Morgan fingerprint density at radius 2 is 1.82 bits per heavy atom. The van der Waals surface area contributed by atoms with E-state index in [4.69, 9.17) is 9.47 Å². The largest absolute Gasteiger partial charge is 0.457 e. The highest BCUT2D eigenvalue weighted by atomic mass is 16.5. The van der Waals surface area contributed by atoms with E-state index in [9.17, 15) is 0 Å². The van der Waals surface area contributed by atoms with Crippen molar-refractivity contribution in [3.05, 3.63) is 53.1 Å². The fourth-order valence-electron chi connectivity index (χ4n) is 3.12. The number of hydrogen-bond donors (Lipinski definition) is 0. The van der Waals surface area contributed by atoms with Crippen molar-refractivity contribution in [3.63, 3.8) is 0 Å². The van der Waals surface area contributed by atoms with E-state index in [-0.39, 0.29) is 11.5 Å². The number of ether oxygens (including phenoxy) is 2. The van der Waals surface area contributed by atoms with E-state index in [1.54, 1.807) is 7.11 Å². The molecule has 0 radical (unpaired) electrons. The molecule has 152 valence electrons. The van der Waals surface area contributed by atoms with Gasteiger partial charge in [-0.25, -0.2) is 4.99 Å². The van der Waals surface area contributed by atoms with Gasteiger partial charge in [-0.1, -0.05) is 32.9 Å². The molecule has 0 saturated carbocycles. The summed E-state index contributed by atoms with van der Waals surface area (Å²) in [6.45, 7) is 13.7. The van der Waals surface area contributed by atoms with Gasteiger partial charge in [0.15, 0.2) is 0 Å². The van der Waals surface area contributed by atoms with Gasteiger partial charge in [0.05, 0.1) is 18.1 Å². The van der Waals surface area contributed by atoms with Crippen molar-refractivity contribution in [1.82, 2.24) is 4.90 Å². The first-order valence-electron chi connectivity index (χ1n) is 9.82.